The monoisotopic (exact) mass is 358 g/mol. The van der Waals surface area contributed by atoms with Gasteiger partial charge in [0.2, 0.25) is 0 Å². The minimum Gasteiger partial charge on any atom is -0.481 e. The summed E-state index contributed by atoms with van der Waals surface area (Å²) in [5.41, 5.74) is 2.87. The van der Waals surface area contributed by atoms with E-state index < -0.39 is 5.97 Å². The van der Waals surface area contributed by atoms with Crippen LogP contribution in [0.1, 0.15) is 43.4 Å². The third-order valence-corrected chi connectivity index (χ3v) is 5.91. The minimum absolute atomic E-state index is 0.00706. The number of carboxylic acids is 1. The van der Waals surface area contributed by atoms with Crippen molar-refractivity contribution in [3.05, 3.63) is 23.4 Å². The fraction of sp³-hybridized carbons (Fsp3) is 0.632. The molecule has 1 saturated heterocycles. The lowest BCUT2D eigenvalue weighted by Crippen LogP contribution is -2.33. The molecule has 2 N–H and O–H groups in total. The third kappa shape index (κ3) is 3.34. The average Bonchev–Trinajstić information content (AvgIpc) is 3.30. The lowest BCUT2D eigenvalue weighted by molar-refractivity contribution is -0.137. The van der Waals surface area contributed by atoms with Gasteiger partial charge in [0.15, 0.2) is 0 Å². The number of rotatable bonds is 7. The van der Waals surface area contributed by atoms with Crippen molar-refractivity contribution in [2.45, 2.75) is 43.9 Å². The van der Waals surface area contributed by atoms with Crippen LogP contribution in [0.3, 0.4) is 0 Å². The Morgan fingerprint density at radius 1 is 1.19 bits per heavy atom. The maximum Gasteiger partial charge on any atom is 0.320 e. The van der Waals surface area contributed by atoms with Gasteiger partial charge in [-0.3, -0.25) is 4.79 Å². The number of carboxylic acid groups (broad SMARTS) is 1. The van der Waals surface area contributed by atoms with Crippen molar-refractivity contribution in [1.29, 1.82) is 0 Å². The molecule has 1 aromatic rings. The largest absolute Gasteiger partial charge is 0.481 e. The molecule has 140 valence electrons. The summed E-state index contributed by atoms with van der Waals surface area (Å²) in [6.07, 6.45) is 5.52. The van der Waals surface area contributed by atoms with Crippen molar-refractivity contribution in [2.75, 3.05) is 38.0 Å². The van der Waals surface area contributed by atoms with Crippen LogP contribution in [0.25, 0.3) is 0 Å². The second-order valence-corrected chi connectivity index (χ2v) is 7.66. The van der Waals surface area contributed by atoms with E-state index in [-0.39, 0.29) is 12.5 Å². The number of urea groups is 1. The van der Waals surface area contributed by atoms with Gasteiger partial charge in [-0.05, 0) is 38.2 Å². The molecule has 0 atom stereocenters. The molecule has 0 bridgehead atoms. The quantitative estimate of drug-likeness (QED) is 0.779. The van der Waals surface area contributed by atoms with Crippen LogP contribution in [0.15, 0.2) is 12.1 Å². The predicted octanol–water partition coefficient (Wildman–Crippen LogP) is 2.07. The molecular weight excluding hydrogens is 332 g/mol. The van der Waals surface area contributed by atoms with Crippen molar-refractivity contribution in [3.63, 3.8) is 0 Å². The maximum absolute atomic E-state index is 12.3. The van der Waals surface area contributed by atoms with Gasteiger partial charge >= 0.3 is 12.0 Å². The highest BCUT2D eigenvalue weighted by Gasteiger charge is 2.47. The van der Waals surface area contributed by atoms with Crippen LogP contribution in [0.5, 0.6) is 0 Å². The number of anilines is 1. The number of fused-ring (bicyclic) bond motifs is 2. The van der Waals surface area contributed by atoms with E-state index in [2.05, 4.69) is 17.4 Å². The van der Waals surface area contributed by atoms with E-state index in [9.17, 15) is 9.59 Å². The Morgan fingerprint density at radius 2 is 1.96 bits per heavy atom. The van der Waals surface area contributed by atoms with Crippen molar-refractivity contribution in [2.24, 2.45) is 0 Å². The molecule has 1 aromatic heterocycles. The highest BCUT2D eigenvalue weighted by atomic mass is 16.4. The zero-order valence-corrected chi connectivity index (χ0v) is 15.0. The second-order valence-electron chi connectivity index (χ2n) is 7.66. The van der Waals surface area contributed by atoms with Gasteiger partial charge in [-0.15, -0.1) is 0 Å². The molecule has 7 nitrogen and oxygen atoms in total. The van der Waals surface area contributed by atoms with E-state index in [0.717, 1.165) is 30.9 Å². The summed E-state index contributed by atoms with van der Waals surface area (Å²) in [6.45, 7) is 3.30. The molecule has 4 rings (SSSR count). The molecule has 2 aliphatic heterocycles. The molecule has 1 aliphatic carbocycles. The second kappa shape index (κ2) is 6.78. The highest BCUT2D eigenvalue weighted by molar-refractivity contribution is 5.77. The Kier molecular flexibility index (Phi) is 4.46. The molecule has 3 aliphatic rings. The first-order valence-corrected chi connectivity index (χ1v) is 9.57. The van der Waals surface area contributed by atoms with Crippen molar-refractivity contribution in [1.82, 2.24) is 14.8 Å². The number of hydrogen-bond donors (Lipinski definition) is 2. The Balaban J connectivity index is 1.28. The molecule has 2 amide bonds. The van der Waals surface area contributed by atoms with Gasteiger partial charge in [-0.1, -0.05) is 6.07 Å². The molecule has 26 heavy (non-hydrogen) atoms. The first-order chi connectivity index (χ1) is 12.6. The predicted molar refractivity (Wildman–Crippen MR) is 97.4 cm³/mol. The van der Waals surface area contributed by atoms with Gasteiger partial charge in [0.1, 0.15) is 5.82 Å². The summed E-state index contributed by atoms with van der Waals surface area (Å²) in [7, 11) is 0. The normalized spacial score (nSPS) is 20.2. The first kappa shape index (κ1) is 17.1. The highest BCUT2D eigenvalue weighted by Crippen LogP contribution is 2.54. The molecule has 0 aromatic carbocycles. The van der Waals surface area contributed by atoms with Gasteiger partial charge in [0.25, 0.3) is 0 Å². The Morgan fingerprint density at radius 3 is 2.69 bits per heavy atom. The number of amides is 2. The zero-order valence-electron chi connectivity index (χ0n) is 15.0. The van der Waals surface area contributed by atoms with E-state index >= 15 is 0 Å². The summed E-state index contributed by atoms with van der Waals surface area (Å²) in [5, 5.41) is 12.2. The molecule has 0 unspecified atom stereocenters. The number of hydrogen-bond acceptors (Lipinski definition) is 4. The van der Waals surface area contributed by atoms with E-state index in [4.69, 9.17) is 10.1 Å². The van der Waals surface area contributed by atoms with Crippen LogP contribution < -0.4 is 5.32 Å². The molecule has 2 fully saturated rings. The first-order valence-electron chi connectivity index (χ1n) is 9.57. The number of pyridine rings is 1. The fourth-order valence-corrected chi connectivity index (χ4v) is 4.16. The number of nitrogens with zero attached hydrogens (tertiary/aromatic N) is 3. The number of aryl methyl sites for hydroxylation is 1. The molecule has 7 heteroatoms. The van der Waals surface area contributed by atoms with Gasteiger partial charge in [-0.2, -0.15) is 0 Å². The standard InChI is InChI=1S/C19H26N4O3/c24-16(25)5-11-23-13-12-22(18(23)26)10-1-2-14-3-4-15-17(21-14)20-9-8-19(15)6-7-19/h3-4H,1-2,5-13H2,(H,20,21)(H,24,25). The van der Waals surface area contributed by atoms with Gasteiger partial charge in [-0.25, -0.2) is 9.78 Å². The van der Waals surface area contributed by atoms with E-state index in [0.29, 0.717) is 31.6 Å². The van der Waals surface area contributed by atoms with Crippen LogP contribution in [0.4, 0.5) is 10.6 Å². The molecule has 1 saturated carbocycles. The molecule has 0 radical (unpaired) electrons. The summed E-state index contributed by atoms with van der Waals surface area (Å²) >= 11 is 0. The zero-order chi connectivity index (χ0) is 18.1. The fourth-order valence-electron chi connectivity index (χ4n) is 4.16. The Hall–Kier alpha value is -2.31. The van der Waals surface area contributed by atoms with E-state index in [1.54, 1.807) is 4.90 Å². The average molecular weight is 358 g/mol. The van der Waals surface area contributed by atoms with E-state index in [1.807, 2.05) is 4.90 Å². The summed E-state index contributed by atoms with van der Waals surface area (Å²) in [5.74, 6) is 0.194. The van der Waals surface area contributed by atoms with Crippen LogP contribution in [-0.2, 0) is 16.6 Å². The van der Waals surface area contributed by atoms with Gasteiger partial charge in [0.05, 0.1) is 6.42 Å². The molecule has 1 spiro atoms. The smallest absolute Gasteiger partial charge is 0.320 e. The third-order valence-electron chi connectivity index (χ3n) is 5.91. The van der Waals surface area contributed by atoms with Gasteiger partial charge < -0.3 is 20.2 Å². The lowest BCUT2D eigenvalue weighted by Gasteiger charge is -2.26. The Labute approximate surface area is 153 Å². The number of carbonyl (C=O) groups excluding carboxylic acids is 1. The number of carbonyl (C=O) groups is 2. The van der Waals surface area contributed by atoms with Crippen LogP contribution >= 0.6 is 0 Å². The Bertz CT molecular complexity index is 717. The minimum atomic E-state index is -0.865. The van der Waals surface area contributed by atoms with Crippen molar-refractivity contribution in [3.8, 4) is 0 Å². The van der Waals surface area contributed by atoms with Crippen LogP contribution in [0, 0.1) is 0 Å². The van der Waals surface area contributed by atoms with Crippen LogP contribution in [0.2, 0.25) is 0 Å². The summed E-state index contributed by atoms with van der Waals surface area (Å²) < 4.78 is 0. The number of aromatic nitrogens is 1. The lowest BCUT2D eigenvalue weighted by atomic mass is 9.90. The summed E-state index contributed by atoms with van der Waals surface area (Å²) in [4.78, 5) is 31.2. The maximum atomic E-state index is 12.3. The van der Waals surface area contributed by atoms with E-state index in [1.165, 1.54) is 24.8 Å². The number of aliphatic carboxylic acids is 1. The number of nitrogens with one attached hydrogen (secondary N) is 1. The van der Waals surface area contributed by atoms with Gasteiger partial charge in [0, 0.05) is 49.4 Å². The van der Waals surface area contributed by atoms with Crippen LogP contribution in [-0.4, -0.2) is 64.6 Å². The van der Waals surface area contributed by atoms with Crippen molar-refractivity contribution < 1.29 is 14.7 Å². The summed E-state index contributed by atoms with van der Waals surface area (Å²) in [6, 6.07) is 4.34. The SMILES string of the molecule is O=C(O)CCN1CCN(CCCc2ccc3c(n2)NCCC32CC2)C1=O. The topological polar surface area (TPSA) is 85.8 Å². The molecular formula is C19H26N4O3. The van der Waals surface area contributed by atoms with Crippen molar-refractivity contribution >= 4 is 17.8 Å². The molecule has 3 heterocycles.